The molecule has 0 aliphatic heterocycles. The quantitative estimate of drug-likeness (QED) is 0.790. The highest BCUT2D eigenvalue weighted by molar-refractivity contribution is 5.31. The summed E-state index contributed by atoms with van der Waals surface area (Å²) >= 11 is 0. The first kappa shape index (κ1) is 14.8. The summed E-state index contributed by atoms with van der Waals surface area (Å²) in [5, 5.41) is 15.0. The van der Waals surface area contributed by atoms with Crippen LogP contribution in [0.3, 0.4) is 0 Å². The molecule has 7 nitrogen and oxygen atoms in total. The summed E-state index contributed by atoms with van der Waals surface area (Å²) in [6, 6.07) is 4.80. The fourth-order valence-corrected chi connectivity index (χ4v) is 3.06. The fourth-order valence-electron chi connectivity index (χ4n) is 3.06. The lowest BCUT2D eigenvalue weighted by molar-refractivity contribution is 0.348. The maximum absolute atomic E-state index is 13.8. The van der Waals surface area contributed by atoms with E-state index >= 15 is 0 Å². The first-order chi connectivity index (χ1) is 11.7. The molecule has 1 aromatic carbocycles. The van der Waals surface area contributed by atoms with Gasteiger partial charge in [-0.2, -0.15) is 20.4 Å². The number of aromatic amines is 1. The van der Waals surface area contributed by atoms with Crippen LogP contribution in [-0.4, -0.2) is 32.7 Å². The van der Waals surface area contributed by atoms with Crippen molar-refractivity contribution < 1.29 is 13.7 Å². The molecule has 0 amide bonds. The Labute approximate surface area is 137 Å². The number of ether oxygens (including phenoxy) is 1. The van der Waals surface area contributed by atoms with E-state index in [1.54, 1.807) is 12.1 Å². The Bertz CT molecular complexity index is 860. The zero-order valence-electron chi connectivity index (χ0n) is 13.1. The van der Waals surface area contributed by atoms with Gasteiger partial charge in [0, 0.05) is 6.42 Å². The lowest BCUT2D eigenvalue weighted by Crippen LogP contribution is -2.11. The van der Waals surface area contributed by atoms with Crippen LogP contribution in [0.5, 0.6) is 5.75 Å². The SMILES string of the molecule is COc1ccc(Cc2noc(C3CCCc4n[nH]nc43)n2)cc1F. The monoisotopic (exact) mass is 329 g/mol. The standard InChI is InChI=1S/C16H16FN5O2/c1-23-13-6-5-9(7-11(13)17)8-14-18-16(24-21-14)10-3-2-4-12-15(10)20-22-19-12/h5-7,10H,2-4,8H2,1H3,(H,19,20,22). The van der Waals surface area contributed by atoms with Crippen LogP contribution in [0, 0.1) is 5.82 Å². The first-order valence-electron chi connectivity index (χ1n) is 7.79. The number of aromatic nitrogens is 5. The molecule has 0 spiro atoms. The minimum absolute atomic E-state index is 0.0265. The third-order valence-corrected chi connectivity index (χ3v) is 4.25. The molecule has 1 unspecified atom stereocenters. The van der Waals surface area contributed by atoms with Gasteiger partial charge >= 0.3 is 0 Å². The Kier molecular flexibility index (Phi) is 3.72. The number of methoxy groups -OCH3 is 1. The predicted molar refractivity (Wildman–Crippen MR) is 81.2 cm³/mol. The summed E-state index contributed by atoms with van der Waals surface area (Å²) in [6.45, 7) is 0. The molecule has 4 rings (SSSR count). The topological polar surface area (TPSA) is 89.7 Å². The molecule has 0 saturated heterocycles. The van der Waals surface area contributed by atoms with Crippen molar-refractivity contribution >= 4 is 0 Å². The van der Waals surface area contributed by atoms with Crippen molar-refractivity contribution in [2.24, 2.45) is 0 Å². The summed E-state index contributed by atoms with van der Waals surface area (Å²) in [6.07, 6.45) is 3.21. The predicted octanol–water partition coefficient (Wildman–Crippen LogP) is 2.39. The Hall–Kier alpha value is -2.77. The van der Waals surface area contributed by atoms with Crippen molar-refractivity contribution in [2.75, 3.05) is 7.11 Å². The second-order valence-corrected chi connectivity index (χ2v) is 5.79. The fraction of sp³-hybridized carbons (Fsp3) is 0.375. The highest BCUT2D eigenvalue weighted by Gasteiger charge is 2.30. The number of fused-ring (bicyclic) bond motifs is 1. The van der Waals surface area contributed by atoms with Gasteiger partial charge < -0.3 is 9.26 Å². The van der Waals surface area contributed by atoms with Crippen molar-refractivity contribution in [2.45, 2.75) is 31.6 Å². The molecule has 2 aromatic heterocycles. The Morgan fingerprint density at radius 1 is 1.38 bits per heavy atom. The van der Waals surface area contributed by atoms with Crippen molar-refractivity contribution in [3.8, 4) is 5.75 Å². The third-order valence-electron chi connectivity index (χ3n) is 4.25. The van der Waals surface area contributed by atoms with Crippen LogP contribution in [0.2, 0.25) is 0 Å². The maximum atomic E-state index is 13.8. The van der Waals surface area contributed by atoms with Gasteiger partial charge in [-0.15, -0.1) is 0 Å². The molecule has 1 aliphatic carbocycles. The van der Waals surface area contributed by atoms with Crippen molar-refractivity contribution in [3.05, 3.63) is 52.7 Å². The number of nitrogens with one attached hydrogen (secondary N) is 1. The van der Waals surface area contributed by atoms with Crippen LogP contribution in [0.4, 0.5) is 4.39 Å². The van der Waals surface area contributed by atoms with E-state index in [1.165, 1.54) is 13.2 Å². The van der Waals surface area contributed by atoms with Crippen molar-refractivity contribution in [1.29, 1.82) is 0 Å². The molecular weight excluding hydrogens is 313 g/mol. The Balaban J connectivity index is 1.55. The lowest BCUT2D eigenvalue weighted by atomic mass is 9.90. The number of rotatable bonds is 4. The van der Waals surface area contributed by atoms with E-state index in [9.17, 15) is 4.39 Å². The smallest absolute Gasteiger partial charge is 0.235 e. The number of hydrogen-bond acceptors (Lipinski definition) is 6. The molecule has 0 bridgehead atoms. The number of benzene rings is 1. The zero-order valence-corrected chi connectivity index (χ0v) is 13.1. The van der Waals surface area contributed by atoms with Crippen LogP contribution in [0.15, 0.2) is 22.7 Å². The van der Waals surface area contributed by atoms with Crippen LogP contribution >= 0.6 is 0 Å². The Morgan fingerprint density at radius 3 is 3.12 bits per heavy atom. The molecule has 24 heavy (non-hydrogen) atoms. The van der Waals surface area contributed by atoms with Crippen LogP contribution in [0.1, 0.15) is 47.4 Å². The molecule has 0 fully saturated rings. The molecule has 1 N–H and O–H groups in total. The average molecular weight is 329 g/mol. The van der Waals surface area contributed by atoms with E-state index in [1.807, 2.05) is 0 Å². The molecule has 124 valence electrons. The minimum Gasteiger partial charge on any atom is -0.494 e. The summed E-state index contributed by atoms with van der Waals surface area (Å²) in [5.41, 5.74) is 2.60. The maximum Gasteiger partial charge on any atom is 0.235 e. The van der Waals surface area contributed by atoms with Gasteiger partial charge in [0.25, 0.3) is 0 Å². The summed E-state index contributed by atoms with van der Waals surface area (Å²) < 4.78 is 24.1. The third kappa shape index (κ3) is 2.64. The molecule has 1 atom stereocenters. The van der Waals surface area contributed by atoms with Crippen LogP contribution in [0.25, 0.3) is 0 Å². The largest absolute Gasteiger partial charge is 0.494 e. The van der Waals surface area contributed by atoms with Gasteiger partial charge in [-0.25, -0.2) is 4.39 Å². The van der Waals surface area contributed by atoms with E-state index in [4.69, 9.17) is 9.26 Å². The number of hydrogen-bond donors (Lipinski definition) is 1. The highest BCUT2D eigenvalue weighted by atomic mass is 19.1. The molecular formula is C16H16FN5O2. The van der Waals surface area contributed by atoms with E-state index in [0.29, 0.717) is 18.1 Å². The van der Waals surface area contributed by atoms with Crippen LogP contribution < -0.4 is 4.74 Å². The van der Waals surface area contributed by atoms with Gasteiger partial charge in [0.1, 0.15) is 0 Å². The highest BCUT2D eigenvalue weighted by Crippen LogP contribution is 2.33. The summed E-state index contributed by atoms with van der Waals surface area (Å²) in [4.78, 5) is 4.47. The van der Waals surface area contributed by atoms with Crippen molar-refractivity contribution in [1.82, 2.24) is 25.6 Å². The second kappa shape index (κ2) is 6.03. The van der Waals surface area contributed by atoms with E-state index < -0.39 is 5.82 Å². The van der Waals surface area contributed by atoms with Gasteiger partial charge in [0.05, 0.1) is 24.4 Å². The van der Waals surface area contributed by atoms with Gasteiger partial charge in [0.2, 0.25) is 5.89 Å². The van der Waals surface area contributed by atoms with E-state index in [0.717, 1.165) is 36.2 Å². The number of aryl methyl sites for hydroxylation is 1. The first-order valence-corrected chi connectivity index (χ1v) is 7.79. The number of halogens is 1. The molecule has 8 heteroatoms. The second-order valence-electron chi connectivity index (χ2n) is 5.79. The average Bonchev–Trinajstić information content (AvgIpc) is 3.23. The summed E-state index contributed by atoms with van der Waals surface area (Å²) in [5.74, 6) is 0.840. The summed E-state index contributed by atoms with van der Waals surface area (Å²) in [7, 11) is 1.44. The van der Waals surface area contributed by atoms with Gasteiger partial charge in [0.15, 0.2) is 17.4 Å². The van der Waals surface area contributed by atoms with E-state index in [-0.39, 0.29) is 11.7 Å². The molecule has 0 radical (unpaired) electrons. The van der Waals surface area contributed by atoms with Gasteiger partial charge in [-0.05, 0) is 37.0 Å². The van der Waals surface area contributed by atoms with Crippen molar-refractivity contribution in [3.63, 3.8) is 0 Å². The zero-order chi connectivity index (χ0) is 16.5. The molecule has 3 aromatic rings. The lowest BCUT2D eigenvalue weighted by Gasteiger charge is -2.15. The molecule has 1 aliphatic rings. The molecule has 2 heterocycles. The number of nitrogens with zero attached hydrogens (tertiary/aromatic N) is 4. The Morgan fingerprint density at radius 2 is 2.29 bits per heavy atom. The normalized spacial score (nSPS) is 16.8. The molecule has 0 saturated carbocycles. The minimum atomic E-state index is -0.404. The van der Waals surface area contributed by atoms with E-state index in [2.05, 4.69) is 25.6 Å². The van der Waals surface area contributed by atoms with Crippen LogP contribution in [-0.2, 0) is 12.8 Å². The van der Waals surface area contributed by atoms with Gasteiger partial charge in [-0.3, -0.25) is 0 Å². The van der Waals surface area contributed by atoms with Gasteiger partial charge in [-0.1, -0.05) is 11.2 Å². The number of H-pyrrole nitrogens is 1.